The first-order valence-electron chi connectivity index (χ1n) is 18.5. The maximum Gasteiger partial charge on any atom is 0.139 e. The van der Waals surface area contributed by atoms with Gasteiger partial charge in [0, 0.05) is 27.6 Å². The van der Waals surface area contributed by atoms with Crippen molar-refractivity contribution >= 4 is 87.0 Å². The summed E-state index contributed by atoms with van der Waals surface area (Å²) in [6, 6.07) is 65.9. The summed E-state index contributed by atoms with van der Waals surface area (Å²) in [7, 11) is 0. The number of hydrogen-bond donors (Lipinski definition) is 0. The molecule has 0 aliphatic rings. The predicted molar refractivity (Wildman–Crippen MR) is 227 cm³/mol. The highest BCUT2D eigenvalue weighted by Gasteiger charge is 2.16. The Labute approximate surface area is 310 Å². The second-order valence-corrected chi connectivity index (χ2v) is 14.5. The Morgan fingerprint density at radius 2 is 0.685 bits per heavy atom. The molecule has 2 aromatic heterocycles. The van der Waals surface area contributed by atoms with Gasteiger partial charge in [0.2, 0.25) is 0 Å². The summed E-state index contributed by atoms with van der Waals surface area (Å²) in [5, 5.41) is 14.4. The molecule has 12 rings (SSSR count). The Kier molecular flexibility index (Phi) is 6.09. The molecule has 250 valence electrons. The van der Waals surface area contributed by atoms with Crippen LogP contribution in [0.3, 0.4) is 0 Å². The molecule has 0 aliphatic heterocycles. The van der Waals surface area contributed by atoms with Crippen LogP contribution in [0, 0.1) is 0 Å². The summed E-state index contributed by atoms with van der Waals surface area (Å²) in [5.74, 6) is 0. The average Bonchev–Trinajstić information content (AvgIpc) is 3.78. The van der Waals surface area contributed by atoms with Crippen molar-refractivity contribution in [3.05, 3.63) is 182 Å². The molecule has 0 saturated heterocycles. The Balaban J connectivity index is 0.972. The van der Waals surface area contributed by atoms with Gasteiger partial charge in [-0.3, -0.25) is 0 Å². The highest BCUT2D eigenvalue weighted by Crippen LogP contribution is 2.41. The second kappa shape index (κ2) is 11.2. The van der Waals surface area contributed by atoms with Crippen LogP contribution in [-0.2, 0) is 0 Å². The molecule has 0 amide bonds. The number of fused-ring (bicyclic) bond motifs is 11. The van der Waals surface area contributed by atoms with E-state index >= 15 is 0 Å². The molecule has 0 aliphatic carbocycles. The fraction of sp³-hybridized carbons (Fsp3) is 0. The lowest BCUT2D eigenvalue weighted by atomic mass is 9.91. The minimum Gasteiger partial charge on any atom is -0.456 e. The lowest BCUT2D eigenvalue weighted by Gasteiger charge is -2.12. The highest BCUT2D eigenvalue weighted by atomic mass is 16.3. The van der Waals surface area contributed by atoms with Gasteiger partial charge in [0.1, 0.15) is 22.3 Å². The molecular formula is C52H30O2. The maximum absolute atomic E-state index is 6.42. The zero-order valence-electron chi connectivity index (χ0n) is 29.1. The van der Waals surface area contributed by atoms with Gasteiger partial charge in [-0.05, 0) is 131 Å². The summed E-state index contributed by atoms with van der Waals surface area (Å²) in [5.41, 5.74) is 10.6. The van der Waals surface area contributed by atoms with E-state index in [0.717, 1.165) is 49.4 Å². The molecule has 0 bridgehead atoms. The van der Waals surface area contributed by atoms with Crippen LogP contribution in [0.1, 0.15) is 0 Å². The first kappa shape index (κ1) is 29.4. The van der Waals surface area contributed by atoms with Gasteiger partial charge in [-0.1, -0.05) is 121 Å². The van der Waals surface area contributed by atoms with E-state index in [0.29, 0.717) is 0 Å². The Hall–Kier alpha value is -7.16. The third-order valence-corrected chi connectivity index (χ3v) is 11.4. The third-order valence-electron chi connectivity index (χ3n) is 11.4. The fourth-order valence-electron chi connectivity index (χ4n) is 8.66. The minimum atomic E-state index is 0.828. The fourth-order valence-corrected chi connectivity index (χ4v) is 8.66. The van der Waals surface area contributed by atoms with Crippen LogP contribution in [0.2, 0.25) is 0 Å². The summed E-state index contributed by atoms with van der Waals surface area (Å²) < 4.78 is 12.8. The van der Waals surface area contributed by atoms with Crippen molar-refractivity contribution in [1.29, 1.82) is 0 Å². The highest BCUT2D eigenvalue weighted by molar-refractivity contribution is 6.17. The summed E-state index contributed by atoms with van der Waals surface area (Å²) in [4.78, 5) is 0. The van der Waals surface area contributed by atoms with E-state index in [9.17, 15) is 0 Å². The number of benzene rings is 10. The average molecular weight is 687 g/mol. The molecule has 2 nitrogen and oxygen atoms in total. The monoisotopic (exact) mass is 686 g/mol. The molecule has 0 atom stereocenters. The van der Waals surface area contributed by atoms with Crippen LogP contribution in [0.4, 0.5) is 0 Å². The van der Waals surface area contributed by atoms with Gasteiger partial charge in [0.25, 0.3) is 0 Å². The van der Waals surface area contributed by atoms with E-state index < -0.39 is 0 Å². The first-order valence-corrected chi connectivity index (χ1v) is 18.5. The van der Waals surface area contributed by atoms with Crippen molar-refractivity contribution in [3.63, 3.8) is 0 Å². The van der Waals surface area contributed by atoms with E-state index in [1.54, 1.807) is 0 Å². The molecule has 12 aromatic rings. The van der Waals surface area contributed by atoms with Crippen molar-refractivity contribution in [2.75, 3.05) is 0 Å². The van der Waals surface area contributed by atoms with Gasteiger partial charge >= 0.3 is 0 Å². The van der Waals surface area contributed by atoms with Gasteiger partial charge < -0.3 is 8.83 Å². The smallest absolute Gasteiger partial charge is 0.139 e. The molecule has 0 fully saturated rings. The Morgan fingerprint density at radius 1 is 0.222 bits per heavy atom. The van der Waals surface area contributed by atoms with Crippen molar-refractivity contribution in [2.45, 2.75) is 0 Å². The van der Waals surface area contributed by atoms with E-state index in [-0.39, 0.29) is 0 Å². The van der Waals surface area contributed by atoms with Crippen LogP contribution >= 0.6 is 0 Å². The van der Waals surface area contributed by atoms with Crippen LogP contribution in [0.25, 0.3) is 120 Å². The lowest BCUT2D eigenvalue weighted by molar-refractivity contribution is 0.656. The van der Waals surface area contributed by atoms with Gasteiger partial charge in [0.15, 0.2) is 0 Å². The second-order valence-electron chi connectivity index (χ2n) is 14.5. The van der Waals surface area contributed by atoms with E-state index in [1.807, 2.05) is 6.07 Å². The normalized spacial score (nSPS) is 12.1. The van der Waals surface area contributed by atoms with Crippen molar-refractivity contribution in [1.82, 2.24) is 0 Å². The van der Waals surface area contributed by atoms with Crippen LogP contribution in [0.5, 0.6) is 0 Å². The zero-order chi connectivity index (χ0) is 35.3. The first-order chi connectivity index (χ1) is 26.7. The van der Waals surface area contributed by atoms with Crippen LogP contribution in [0.15, 0.2) is 191 Å². The van der Waals surface area contributed by atoms with Gasteiger partial charge in [-0.15, -0.1) is 0 Å². The van der Waals surface area contributed by atoms with E-state index in [4.69, 9.17) is 8.83 Å². The van der Waals surface area contributed by atoms with Crippen molar-refractivity contribution < 1.29 is 8.83 Å². The molecule has 2 heterocycles. The SMILES string of the molecule is c1ccc2cc(-c3ccc4oc5cc6oc7ccc(-c8ccc9ccc(-c%10cc%11ccccc%11c%11ccccc%10%11)cc9c8)cc7c6cc5c4c3)ccc2c1. The Morgan fingerprint density at radius 3 is 1.37 bits per heavy atom. The number of furan rings is 2. The molecule has 0 radical (unpaired) electrons. The molecule has 0 spiro atoms. The molecule has 0 saturated carbocycles. The summed E-state index contributed by atoms with van der Waals surface area (Å²) in [6.45, 7) is 0. The van der Waals surface area contributed by atoms with Gasteiger partial charge in [0.05, 0.1) is 0 Å². The third kappa shape index (κ3) is 4.47. The summed E-state index contributed by atoms with van der Waals surface area (Å²) in [6.07, 6.45) is 0. The Bertz CT molecular complexity index is 3510. The maximum atomic E-state index is 6.42. The predicted octanol–water partition coefficient (Wildman–Crippen LogP) is 15.1. The van der Waals surface area contributed by atoms with Crippen molar-refractivity contribution in [2.24, 2.45) is 0 Å². The molecule has 0 unspecified atom stereocenters. The zero-order valence-corrected chi connectivity index (χ0v) is 29.1. The van der Waals surface area contributed by atoms with E-state index in [1.165, 1.54) is 70.9 Å². The van der Waals surface area contributed by atoms with Gasteiger partial charge in [-0.25, -0.2) is 0 Å². The van der Waals surface area contributed by atoms with E-state index in [2.05, 4.69) is 176 Å². The quantitative estimate of drug-likeness (QED) is 0.173. The molecular weight excluding hydrogens is 657 g/mol. The number of rotatable bonds is 3. The van der Waals surface area contributed by atoms with Crippen molar-refractivity contribution in [3.8, 4) is 33.4 Å². The van der Waals surface area contributed by atoms with Gasteiger partial charge in [-0.2, -0.15) is 0 Å². The van der Waals surface area contributed by atoms with Crippen LogP contribution < -0.4 is 0 Å². The summed E-state index contributed by atoms with van der Waals surface area (Å²) >= 11 is 0. The number of hydrogen-bond acceptors (Lipinski definition) is 2. The standard InChI is InChI=1S/C52H30O2/c1-2-8-33-23-34(16-13-31(33)7-1)36-19-21-49-45(26-36)47-29-48-46-27-37(20-22-50(46)54-52(48)30-51(47)53-49)35-17-14-32-15-18-39(25-40(32)24-35)44-28-38-9-3-4-10-41(38)42-11-5-6-12-43(42)44/h1-30H. The lowest BCUT2D eigenvalue weighted by Crippen LogP contribution is -1.86. The molecule has 54 heavy (non-hydrogen) atoms. The topological polar surface area (TPSA) is 26.3 Å². The van der Waals surface area contributed by atoms with Crippen LogP contribution in [-0.4, -0.2) is 0 Å². The minimum absolute atomic E-state index is 0.828. The molecule has 2 heteroatoms. The molecule has 0 N–H and O–H groups in total. The molecule has 10 aromatic carbocycles. The largest absolute Gasteiger partial charge is 0.456 e.